The van der Waals surface area contributed by atoms with Gasteiger partial charge in [-0.2, -0.15) is 0 Å². The molecule has 1 aromatic carbocycles. The lowest BCUT2D eigenvalue weighted by atomic mass is 9.89. The fourth-order valence-corrected chi connectivity index (χ4v) is 3.19. The highest BCUT2D eigenvalue weighted by atomic mass is 16.5. The van der Waals surface area contributed by atoms with Gasteiger partial charge in [0, 0.05) is 6.04 Å². The van der Waals surface area contributed by atoms with Gasteiger partial charge in [-0.25, -0.2) is 0 Å². The maximum Gasteiger partial charge on any atom is 0.244 e. The summed E-state index contributed by atoms with van der Waals surface area (Å²) in [5.74, 6) is 1.07. The van der Waals surface area contributed by atoms with Crippen LogP contribution in [0, 0.1) is 0 Å². The highest BCUT2D eigenvalue weighted by molar-refractivity contribution is 5.89. The van der Waals surface area contributed by atoms with Crippen molar-refractivity contribution in [2.75, 3.05) is 7.11 Å². The smallest absolute Gasteiger partial charge is 0.244 e. The predicted molar refractivity (Wildman–Crippen MR) is 82.1 cm³/mol. The Morgan fingerprint density at radius 2 is 2.19 bits per heavy atom. The first-order valence-corrected chi connectivity index (χ1v) is 7.83. The molecular formula is C17H24N2O2. The van der Waals surface area contributed by atoms with Crippen LogP contribution >= 0.6 is 0 Å². The molecule has 0 aromatic heterocycles. The van der Waals surface area contributed by atoms with Crippen LogP contribution in [0.4, 0.5) is 0 Å². The van der Waals surface area contributed by atoms with Crippen molar-refractivity contribution in [3.63, 3.8) is 0 Å². The van der Waals surface area contributed by atoms with Crippen LogP contribution in [-0.2, 0) is 4.79 Å². The van der Waals surface area contributed by atoms with Crippen LogP contribution in [0.5, 0.6) is 5.75 Å². The molecule has 2 unspecified atom stereocenters. The first-order valence-electron chi connectivity index (χ1n) is 7.83. The number of hydrogen-bond donors (Lipinski definition) is 1. The van der Waals surface area contributed by atoms with Gasteiger partial charge in [0.1, 0.15) is 11.9 Å². The van der Waals surface area contributed by atoms with Crippen LogP contribution in [0.1, 0.15) is 51.3 Å². The first-order chi connectivity index (χ1) is 10.1. The Morgan fingerprint density at radius 1 is 1.43 bits per heavy atom. The average molecular weight is 288 g/mol. The molecule has 2 fully saturated rings. The van der Waals surface area contributed by atoms with Crippen LogP contribution in [-0.4, -0.2) is 29.5 Å². The summed E-state index contributed by atoms with van der Waals surface area (Å²) in [6.07, 6.45) is 4.22. The van der Waals surface area contributed by atoms with Gasteiger partial charge in [-0.15, -0.1) is 0 Å². The lowest BCUT2D eigenvalue weighted by Gasteiger charge is -2.38. The molecule has 4 nitrogen and oxygen atoms in total. The largest absolute Gasteiger partial charge is 0.497 e. The lowest BCUT2D eigenvalue weighted by Crippen LogP contribution is -2.46. The molecule has 1 aliphatic carbocycles. The van der Waals surface area contributed by atoms with Gasteiger partial charge >= 0.3 is 0 Å². The van der Waals surface area contributed by atoms with E-state index < -0.39 is 5.54 Å². The normalized spacial score (nSPS) is 29.6. The maximum atomic E-state index is 12.9. The molecule has 1 N–H and O–H groups in total. The highest BCUT2D eigenvalue weighted by Crippen LogP contribution is 2.39. The molecule has 0 spiro atoms. The van der Waals surface area contributed by atoms with E-state index >= 15 is 0 Å². The number of hydrogen-bond acceptors (Lipinski definition) is 3. The zero-order valence-corrected chi connectivity index (χ0v) is 13.1. The van der Waals surface area contributed by atoms with Crippen LogP contribution in [0.2, 0.25) is 0 Å². The fraction of sp³-hybridized carbons (Fsp3) is 0.588. The van der Waals surface area contributed by atoms with Gasteiger partial charge in [0.15, 0.2) is 0 Å². The summed E-state index contributed by atoms with van der Waals surface area (Å²) in [6, 6.07) is 8.40. The summed E-state index contributed by atoms with van der Waals surface area (Å²) in [5, 5.41) is 3.55. The molecule has 2 aliphatic rings. The summed E-state index contributed by atoms with van der Waals surface area (Å²) in [4.78, 5) is 14.9. The molecule has 0 bridgehead atoms. The van der Waals surface area contributed by atoms with Crippen molar-refractivity contribution in [1.82, 2.24) is 10.2 Å². The zero-order chi connectivity index (χ0) is 15.0. The third-order valence-corrected chi connectivity index (χ3v) is 5.02. The van der Waals surface area contributed by atoms with Crippen molar-refractivity contribution in [3.8, 4) is 5.75 Å². The van der Waals surface area contributed by atoms with E-state index in [4.69, 9.17) is 4.74 Å². The van der Waals surface area contributed by atoms with E-state index in [1.54, 1.807) is 7.11 Å². The highest BCUT2D eigenvalue weighted by Gasteiger charge is 2.50. The molecule has 0 radical (unpaired) electrons. The Morgan fingerprint density at radius 3 is 2.76 bits per heavy atom. The topological polar surface area (TPSA) is 41.6 Å². The van der Waals surface area contributed by atoms with Gasteiger partial charge in [0.05, 0.1) is 12.6 Å². The Bertz CT molecular complexity index is 541. The number of nitrogens with one attached hydrogen (secondary N) is 1. The van der Waals surface area contributed by atoms with Crippen LogP contribution in [0.25, 0.3) is 0 Å². The van der Waals surface area contributed by atoms with E-state index in [9.17, 15) is 4.79 Å². The summed E-state index contributed by atoms with van der Waals surface area (Å²) >= 11 is 0. The minimum Gasteiger partial charge on any atom is -0.497 e. The molecule has 114 valence electrons. The molecule has 1 saturated heterocycles. The number of carbonyl (C=O) groups excluding carboxylic acids is 1. The number of nitrogens with zero attached hydrogens (tertiary/aromatic N) is 1. The van der Waals surface area contributed by atoms with Crippen molar-refractivity contribution < 1.29 is 9.53 Å². The third-order valence-electron chi connectivity index (χ3n) is 5.02. The minimum atomic E-state index is -0.455. The van der Waals surface area contributed by atoms with E-state index in [0.717, 1.165) is 30.6 Å². The van der Waals surface area contributed by atoms with Crippen LogP contribution in [0.15, 0.2) is 24.3 Å². The van der Waals surface area contributed by atoms with E-state index in [1.807, 2.05) is 25.1 Å². The van der Waals surface area contributed by atoms with E-state index in [-0.39, 0.29) is 12.1 Å². The number of rotatable bonds is 4. The Hall–Kier alpha value is -1.55. The summed E-state index contributed by atoms with van der Waals surface area (Å²) in [6.45, 7) is 4.08. The SMILES string of the molecule is CCC1(C)NC(c2cccc(OC)c2)N(C2CCC2)C1=O. The van der Waals surface area contributed by atoms with E-state index in [0.29, 0.717) is 6.04 Å². The van der Waals surface area contributed by atoms with Gasteiger partial charge in [-0.05, 0) is 50.3 Å². The second-order valence-corrected chi connectivity index (χ2v) is 6.31. The van der Waals surface area contributed by atoms with Crippen LogP contribution in [0.3, 0.4) is 0 Å². The third kappa shape index (κ3) is 2.31. The van der Waals surface area contributed by atoms with E-state index in [2.05, 4.69) is 23.2 Å². The van der Waals surface area contributed by atoms with E-state index in [1.165, 1.54) is 6.42 Å². The van der Waals surface area contributed by atoms with Crippen molar-refractivity contribution in [2.24, 2.45) is 0 Å². The Labute approximate surface area is 126 Å². The molecule has 1 aliphatic heterocycles. The second-order valence-electron chi connectivity index (χ2n) is 6.31. The number of amides is 1. The fourth-order valence-electron chi connectivity index (χ4n) is 3.19. The monoisotopic (exact) mass is 288 g/mol. The lowest BCUT2D eigenvalue weighted by molar-refractivity contribution is -0.136. The maximum absolute atomic E-state index is 12.9. The van der Waals surface area contributed by atoms with Gasteiger partial charge in [0.25, 0.3) is 0 Å². The Balaban J connectivity index is 1.96. The van der Waals surface area contributed by atoms with Gasteiger partial charge in [-0.1, -0.05) is 19.1 Å². The molecule has 2 atom stereocenters. The van der Waals surface area contributed by atoms with Gasteiger partial charge in [0.2, 0.25) is 5.91 Å². The molecule has 1 aromatic rings. The Kier molecular flexibility index (Phi) is 3.66. The number of methoxy groups -OCH3 is 1. The molecule has 3 rings (SSSR count). The number of benzene rings is 1. The zero-order valence-electron chi connectivity index (χ0n) is 13.1. The molecule has 1 saturated carbocycles. The summed E-state index contributed by atoms with van der Waals surface area (Å²) < 4.78 is 5.32. The average Bonchev–Trinajstić information content (AvgIpc) is 2.72. The van der Waals surface area contributed by atoms with Crippen molar-refractivity contribution in [2.45, 2.75) is 57.3 Å². The summed E-state index contributed by atoms with van der Waals surface area (Å²) in [5.41, 5.74) is 0.648. The molecule has 1 amide bonds. The quantitative estimate of drug-likeness (QED) is 0.926. The van der Waals surface area contributed by atoms with Gasteiger partial charge < -0.3 is 9.64 Å². The van der Waals surface area contributed by atoms with Crippen molar-refractivity contribution in [1.29, 1.82) is 0 Å². The standard InChI is InChI=1S/C17H24N2O2/c1-4-17(2)16(20)19(13-8-6-9-13)15(18-17)12-7-5-10-14(11-12)21-3/h5,7,10-11,13,15,18H,4,6,8-9H2,1-3H3. The van der Waals surface area contributed by atoms with Crippen LogP contribution < -0.4 is 10.1 Å². The minimum absolute atomic E-state index is 0.0390. The summed E-state index contributed by atoms with van der Waals surface area (Å²) in [7, 11) is 1.67. The number of ether oxygens (including phenoxy) is 1. The molecule has 21 heavy (non-hydrogen) atoms. The van der Waals surface area contributed by atoms with Crippen molar-refractivity contribution in [3.05, 3.63) is 29.8 Å². The second kappa shape index (κ2) is 5.34. The molecule has 4 heteroatoms. The first kappa shape index (κ1) is 14.4. The van der Waals surface area contributed by atoms with Gasteiger partial charge in [-0.3, -0.25) is 10.1 Å². The van der Waals surface area contributed by atoms with Crippen molar-refractivity contribution >= 4 is 5.91 Å². The molecule has 1 heterocycles. The predicted octanol–water partition coefficient (Wildman–Crippen LogP) is 2.85. The molecular weight excluding hydrogens is 264 g/mol. The number of carbonyl (C=O) groups is 1.